The van der Waals surface area contributed by atoms with Gasteiger partial charge >= 0.3 is 0 Å². The summed E-state index contributed by atoms with van der Waals surface area (Å²) in [5.74, 6) is 2.02. The van der Waals surface area contributed by atoms with Crippen molar-refractivity contribution in [1.29, 1.82) is 0 Å². The standard InChI is InChI=1S/C24H38N6O2/c1-16(2)28-12-8-18(9-13-28)24(32)30-11-6-5-7-21(30)23-26-20-10-14-29(17(3)31)15-19(20)22(25-4)27-23/h16,18,21H,5-15H2,1-4H3,(H,25,26,27). The first-order valence-corrected chi connectivity index (χ1v) is 12.3. The van der Waals surface area contributed by atoms with E-state index in [1.54, 1.807) is 6.92 Å². The number of amides is 2. The van der Waals surface area contributed by atoms with Crippen LogP contribution in [0.3, 0.4) is 0 Å². The molecule has 0 aromatic carbocycles. The van der Waals surface area contributed by atoms with Crippen LogP contribution in [0, 0.1) is 5.92 Å². The van der Waals surface area contributed by atoms with Crippen LogP contribution in [-0.4, -0.2) is 75.8 Å². The van der Waals surface area contributed by atoms with Crippen LogP contribution in [0.15, 0.2) is 0 Å². The Bertz CT molecular complexity index is 832. The van der Waals surface area contributed by atoms with Gasteiger partial charge in [-0.15, -0.1) is 0 Å². The number of rotatable bonds is 4. The molecule has 1 N–H and O–H groups in total. The van der Waals surface area contributed by atoms with Gasteiger partial charge in [0.25, 0.3) is 0 Å². The van der Waals surface area contributed by atoms with Crippen LogP contribution in [0.4, 0.5) is 5.82 Å². The van der Waals surface area contributed by atoms with Crippen molar-refractivity contribution >= 4 is 17.6 Å². The Balaban J connectivity index is 1.55. The fourth-order valence-corrected chi connectivity index (χ4v) is 5.42. The minimum absolute atomic E-state index is 0.0531. The number of hydrogen-bond acceptors (Lipinski definition) is 6. The molecule has 0 radical (unpaired) electrons. The first-order valence-electron chi connectivity index (χ1n) is 12.3. The van der Waals surface area contributed by atoms with Crippen LogP contribution in [0.5, 0.6) is 0 Å². The number of fused-ring (bicyclic) bond motifs is 1. The fraction of sp³-hybridized carbons (Fsp3) is 0.750. The van der Waals surface area contributed by atoms with Crippen molar-refractivity contribution < 1.29 is 9.59 Å². The van der Waals surface area contributed by atoms with Gasteiger partial charge in [0.05, 0.1) is 18.3 Å². The fourth-order valence-electron chi connectivity index (χ4n) is 5.42. The molecule has 0 spiro atoms. The Hall–Kier alpha value is -2.22. The van der Waals surface area contributed by atoms with Crippen molar-refractivity contribution in [2.75, 3.05) is 38.5 Å². The maximum atomic E-state index is 13.6. The second-order valence-electron chi connectivity index (χ2n) is 9.74. The van der Waals surface area contributed by atoms with Crippen molar-refractivity contribution in [1.82, 2.24) is 24.7 Å². The Morgan fingerprint density at radius 2 is 1.78 bits per heavy atom. The van der Waals surface area contributed by atoms with Gasteiger partial charge in [-0.25, -0.2) is 9.97 Å². The Kier molecular flexibility index (Phi) is 6.98. The number of anilines is 1. The molecule has 3 aliphatic rings. The van der Waals surface area contributed by atoms with E-state index in [1.807, 2.05) is 11.9 Å². The highest BCUT2D eigenvalue weighted by Gasteiger charge is 2.36. The summed E-state index contributed by atoms with van der Waals surface area (Å²) in [5.41, 5.74) is 2.02. The molecule has 4 rings (SSSR count). The molecule has 8 heteroatoms. The quantitative estimate of drug-likeness (QED) is 0.772. The maximum absolute atomic E-state index is 13.6. The van der Waals surface area contributed by atoms with Gasteiger partial charge in [0, 0.05) is 51.0 Å². The summed E-state index contributed by atoms with van der Waals surface area (Å²) in [5, 5.41) is 3.22. The molecule has 2 fully saturated rings. The lowest BCUT2D eigenvalue weighted by atomic mass is 9.91. The smallest absolute Gasteiger partial charge is 0.226 e. The zero-order valence-electron chi connectivity index (χ0n) is 20.1. The monoisotopic (exact) mass is 442 g/mol. The van der Waals surface area contributed by atoms with Gasteiger partial charge in [0.1, 0.15) is 5.82 Å². The SMILES string of the molecule is CNc1nc(C2CCCCN2C(=O)C2CCN(C(C)C)CC2)nc2c1CN(C(C)=O)CC2. The lowest BCUT2D eigenvalue weighted by Gasteiger charge is -2.40. The Morgan fingerprint density at radius 1 is 1.03 bits per heavy atom. The van der Waals surface area contributed by atoms with Crippen LogP contribution in [0.25, 0.3) is 0 Å². The van der Waals surface area contributed by atoms with Crippen LogP contribution in [-0.2, 0) is 22.6 Å². The first-order chi connectivity index (χ1) is 15.4. The van der Waals surface area contributed by atoms with Crippen LogP contribution in [0.2, 0.25) is 0 Å². The van der Waals surface area contributed by atoms with Gasteiger partial charge < -0.3 is 20.0 Å². The highest BCUT2D eigenvalue weighted by atomic mass is 16.2. The third kappa shape index (κ3) is 4.60. The van der Waals surface area contributed by atoms with E-state index < -0.39 is 0 Å². The molecule has 1 aromatic rings. The van der Waals surface area contributed by atoms with Crippen LogP contribution in [0.1, 0.15) is 76.0 Å². The van der Waals surface area contributed by atoms with E-state index >= 15 is 0 Å². The minimum atomic E-state index is -0.0531. The summed E-state index contributed by atoms with van der Waals surface area (Å²) in [6, 6.07) is 0.485. The van der Waals surface area contributed by atoms with Crippen LogP contribution >= 0.6 is 0 Å². The molecule has 0 saturated carbocycles. The Morgan fingerprint density at radius 3 is 2.44 bits per heavy atom. The molecule has 8 nitrogen and oxygen atoms in total. The van der Waals surface area contributed by atoms with Gasteiger partial charge in [0.15, 0.2) is 5.82 Å². The van der Waals surface area contributed by atoms with Gasteiger partial charge in [-0.1, -0.05) is 0 Å². The van der Waals surface area contributed by atoms with Crippen molar-refractivity contribution in [2.45, 2.75) is 77.9 Å². The number of aromatic nitrogens is 2. The predicted molar refractivity (Wildman–Crippen MR) is 124 cm³/mol. The average Bonchev–Trinajstić information content (AvgIpc) is 2.82. The predicted octanol–water partition coefficient (Wildman–Crippen LogP) is 2.60. The lowest BCUT2D eigenvalue weighted by Crippen LogP contribution is -2.47. The topological polar surface area (TPSA) is 81.7 Å². The van der Waals surface area contributed by atoms with Crippen LogP contribution < -0.4 is 5.32 Å². The number of hydrogen-bond donors (Lipinski definition) is 1. The van der Waals surface area contributed by atoms with E-state index in [1.165, 1.54) is 0 Å². The molecule has 4 heterocycles. The third-order valence-electron chi connectivity index (χ3n) is 7.45. The summed E-state index contributed by atoms with van der Waals surface area (Å²) in [7, 11) is 1.87. The number of nitrogens with one attached hydrogen (secondary N) is 1. The number of nitrogens with zero attached hydrogens (tertiary/aromatic N) is 5. The summed E-state index contributed by atoms with van der Waals surface area (Å²) in [6.07, 6.45) is 5.66. The molecule has 0 bridgehead atoms. The van der Waals surface area contributed by atoms with E-state index in [2.05, 4.69) is 29.0 Å². The van der Waals surface area contributed by atoms with Crippen molar-refractivity contribution in [3.05, 3.63) is 17.1 Å². The number of piperidine rings is 2. The number of likely N-dealkylation sites (tertiary alicyclic amines) is 2. The molecule has 2 saturated heterocycles. The molecule has 0 aliphatic carbocycles. The first kappa shape index (κ1) is 23.0. The van der Waals surface area contributed by atoms with Gasteiger partial charge in [0.2, 0.25) is 11.8 Å². The molecule has 1 aromatic heterocycles. The van der Waals surface area contributed by atoms with Gasteiger partial charge in [-0.3, -0.25) is 9.59 Å². The maximum Gasteiger partial charge on any atom is 0.226 e. The zero-order chi connectivity index (χ0) is 22.8. The Labute approximate surface area is 191 Å². The molecule has 176 valence electrons. The highest BCUT2D eigenvalue weighted by Crippen LogP contribution is 2.34. The molecule has 32 heavy (non-hydrogen) atoms. The van der Waals surface area contributed by atoms with Crippen molar-refractivity contribution in [3.63, 3.8) is 0 Å². The molecular weight excluding hydrogens is 404 g/mol. The highest BCUT2D eigenvalue weighted by molar-refractivity contribution is 5.79. The van der Waals surface area contributed by atoms with E-state index in [0.717, 1.165) is 81.1 Å². The number of carbonyl (C=O) groups is 2. The van der Waals surface area contributed by atoms with E-state index in [-0.39, 0.29) is 23.8 Å². The van der Waals surface area contributed by atoms with Crippen molar-refractivity contribution in [2.24, 2.45) is 5.92 Å². The lowest BCUT2D eigenvalue weighted by molar-refractivity contribution is -0.141. The van der Waals surface area contributed by atoms with E-state index in [9.17, 15) is 9.59 Å². The number of carbonyl (C=O) groups excluding carboxylic acids is 2. The average molecular weight is 443 g/mol. The second kappa shape index (κ2) is 9.73. The molecule has 1 unspecified atom stereocenters. The summed E-state index contributed by atoms with van der Waals surface area (Å²) in [4.78, 5) is 41.6. The van der Waals surface area contributed by atoms with Gasteiger partial charge in [-0.2, -0.15) is 0 Å². The molecule has 2 amide bonds. The van der Waals surface area contributed by atoms with E-state index in [0.29, 0.717) is 19.1 Å². The molecular formula is C24H38N6O2. The summed E-state index contributed by atoms with van der Waals surface area (Å²) >= 11 is 0. The summed E-state index contributed by atoms with van der Waals surface area (Å²) < 4.78 is 0. The normalized spacial score (nSPS) is 22.7. The van der Waals surface area contributed by atoms with Crippen molar-refractivity contribution in [3.8, 4) is 0 Å². The largest absolute Gasteiger partial charge is 0.373 e. The molecule has 1 atom stereocenters. The third-order valence-corrected chi connectivity index (χ3v) is 7.45. The van der Waals surface area contributed by atoms with Gasteiger partial charge in [-0.05, 0) is 59.0 Å². The minimum Gasteiger partial charge on any atom is -0.373 e. The molecule has 3 aliphatic heterocycles. The zero-order valence-corrected chi connectivity index (χ0v) is 20.1. The summed E-state index contributed by atoms with van der Waals surface area (Å²) in [6.45, 7) is 10.1. The second-order valence-corrected chi connectivity index (χ2v) is 9.74. The van der Waals surface area contributed by atoms with E-state index in [4.69, 9.17) is 9.97 Å².